The Hall–Kier alpha value is -3.70. The van der Waals surface area contributed by atoms with Crippen molar-refractivity contribution in [3.05, 3.63) is 24.2 Å². The van der Waals surface area contributed by atoms with Crippen molar-refractivity contribution in [1.82, 2.24) is 25.3 Å². The average molecular weight is 542 g/mol. The van der Waals surface area contributed by atoms with Crippen molar-refractivity contribution in [3.63, 3.8) is 0 Å². The van der Waals surface area contributed by atoms with Gasteiger partial charge in [0.05, 0.1) is 5.92 Å². The van der Waals surface area contributed by atoms with Crippen molar-refractivity contribution in [3.8, 4) is 11.4 Å². The predicted octanol–water partition coefficient (Wildman–Crippen LogP) is 4.73. The highest BCUT2D eigenvalue weighted by Gasteiger charge is 2.33. The number of carbonyl (C=O) groups excluding carboxylic acids is 2. The van der Waals surface area contributed by atoms with Crippen LogP contribution in [-0.2, 0) is 9.47 Å². The molecule has 2 amide bonds. The molecule has 0 unspecified atom stereocenters. The van der Waals surface area contributed by atoms with Crippen LogP contribution >= 0.6 is 0 Å². The summed E-state index contributed by atoms with van der Waals surface area (Å²) in [6, 6.07) is 3.96. The molecule has 1 N–H and O–H groups in total. The molecule has 0 bridgehead atoms. The smallest absolute Gasteiger partial charge is 0.437 e. The lowest BCUT2D eigenvalue weighted by Gasteiger charge is -2.27. The summed E-state index contributed by atoms with van der Waals surface area (Å²) in [7, 11) is 0. The van der Waals surface area contributed by atoms with Crippen LogP contribution in [0.4, 0.5) is 15.4 Å². The van der Waals surface area contributed by atoms with Gasteiger partial charge in [-0.3, -0.25) is 5.32 Å². The number of ether oxygens (including phenoxy) is 2. The summed E-state index contributed by atoms with van der Waals surface area (Å²) in [5.74, 6) is 1.84. The molecule has 0 saturated carbocycles. The fourth-order valence-corrected chi connectivity index (χ4v) is 4.44. The first-order valence-electron chi connectivity index (χ1n) is 13.5. The number of hydrogen-bond donors (Lipinski definition) is 1. The third kappa shape index (κ3) is 8.14. The number of amides is 2. The summed E-state index contributed by atoms with van der Waals surface area (Å²) in [5.41, 5.74) is -0.665. The molecular weight excluding hydrogens is 502 g/mol. The standard InChI is InChI=1S/C27H39N7O5/c1-26(2,3)37-24(35)30-23(31-25(36)38-27(4,5)6)34-15-12-19(17-34)22-29-21(32-39-22)18-10-11-20(28-16-18)33-13-8-7-9-14-33/h10-11,16,19H,7-9,12-15,17H2,1-6H3,(H,30,31,35,36)/t19-/m1/s1. The summed E-state index contributed by atoms with van der Waals surface area (Å²) in [4.78, 5) is 42.3. The van der Waals surface area contributed by atoms with Gasteiger partial charge in [0.25, 0.3) is 0 Å². The van der Waals surface area contributed by atoms with Crippen LogP contribution in [0.3, 0.4) is 0 Å². The van der Waals surface area contributed by atoms with E-state index in [0.717, 1.165) is 24.5 Å². The zero-order valence-corrected chi connectivity index (χ0v) is 23.7. The average Bonchev–Trinajstić information content (AvgIpc) is 3.52. The number of piperidine rings is 1. The molecule has 2 aliphatic rings. The van der Waals surface area contributed by atoms with E-state index >= 15 is 0 Å². The molecule has 2 aromatic heterocycles. The lowest BCUT2D eigenvalue weighted by molar-refractivity contribution is 0.0555. The van der Waals surface area contributed by atoms with E-state index < -0.39 is 23.4 Å². The summed E-state index contributed by atoms with van der Waals surface area (Å²) in [5, 5.41) is 6.77. The molecule has 4 rings (SSSR count). The second-order valence-corrected chi connectivity index (χ2v) is 11.9. The van der Waals surface area contributed by atoms with Crippen molar-refractivity contribution in [1.29, 1.82) is 0 Å². The van der Waals surface area contributed by atoms with Gasteiger partial charge in [0.2, 0.25) is 17.7 Å². The number of nitrogens with zero attached hydrogens (tertiary/aromatic N) is 6. The Morgan fingerprint density at radius 3 is 2.38 bits per heavy atom. The number of likely N-dealkylation sites (tertiary alicyclic amines) is 1. The van der Waals surface area contributed by atoms with Gasteiger partial charge >= 0.3 is 12.2 Å². The van der Waals surface area contributed by atoms with Crippen molar-refractivity contribution in [2.24, 2.45) is 4.99 Å². The summed E-state index contributed by atoms with van der Waals surface area (Å²) in [6.45, 7) is 13.5. The Kier molecular flexibility index (Phi) is 8.41. The third-order valence-corrected chi connectivity index (χ3v) is 6.17. The number of anilines is 1. The monoisotopic (exact) mass is 541 g/mol. The van der Waals surface area contributed by atoms with E-state index in [2.05, 4.69) is 30.3 Å². The number of rotatable bonds is 3. The lowest BCUT2D eigenvalue weighted by Crippen LogP contribution is -2.45. The Bertz CT molecular complexity index is 1170. The van der Waals surface area contributed by atoms with E-state index in [9.17, 15) is 9.59 Å². The van der Waals surface area contributed by atoms with E-state index in [0.29, 0.717) is 31.2 Å². The normalized spacial score (nSPS) is 18.7. The van der Waals surface area contributed by atoms with Gasteiger partial charge in [-0.25, -0.2) is 14.6 Å². The zero-order valence-electron chi connectivity index (χ0n) is 23.7. The summed E-state index contributed by atoms with van der Waals surface area (Å²) >= 11 is 0. The van der Waals surface area contributed by atoms with E-state index in [4.69, 9.17) is 14.0 Å². The Morgan fingerprint density at radius 2 is 1.74 bits per heavy atom. The number of aromatic nitrogens is 3. The molecule has 0 aromatic carbocycles. The van der Waals surface area contributed by atoms with Crippen LogP contribution in [0.5, 0.6) is 0 Å². The fraction of sp³-hybridized carbons (Fsp3) is 0.630. The highest BCUT2D eigenvalue weighted by molar-refractivity contribution is 5.99. The Balaban J connectivity index is 1.44. The summed E-state index contributed by atoms with van der Waals surface area (Å²) in [6.07, 6.45) is 4.56. The first kappa shape index (κ1) is 28.3. The number of pyridine rings is 1. The zero-order chi connectivity index (χ0) is 28.2. The second kappa shape index (κ2) is 11.6. The summed E-state index contributed by atoms with van der Waals surface area (Å²) < 4.78 is 16.3. The van der Waals surface area contributed by atoms with Gasteiger partial charge in [0.1, 0.15) is 17.0 Å². The van der Waals surface area contributed by atoms with Crippen molar-refractivity contribution in [2.45, 2.75) is 84.3 Å². The molecule has 0 spiro atoms. The van der Waals surface area contributed by atoms with Crippen LogP contribution in [-0.4, -0.2) is 75.6 Å². The number of alkyl carbamates (subject to hydrolysis) is 1. The molecule has 39 heavy (non-hydrogen) atoms. The number of aliphatic imine (C=N–C) groups is 1. The molecule has 1 atom stereocenters. The lowest BCUT2D eigenvalue weighted by atomic mass is 10.1. The second-order valence-electron chi connectivity index (χ2n) is 11.9. The molecule has 2 aliphatic heterocycles. The minimum Gasteiger partial charge on any atom is -0.444 e. The number of nitrogens with one attached hydrogen (secondary N) is 1. The maximum absolute atomic E-state index is 12.5. The highest BCUT2D eigenvalue weighted by atomic mass is 16.6. The van der Waals surface area contributed by atoms with Gasteiger partial charge in [-0.1, -0.05) is 5.16 Å². The largest absolute Gasteiger partial charge is 0.444 e. The fourth-order valence-electron chi connectivity index (χ4n) is 4.44. The molecule has 0 radical (unpaired) electrons. The Morgan fingerprint density at radius 1 is 1.03 bits per heavy atom. The van der Waals surface area contributed by atoms with E-state index in [-0.39, 0.29) is 11.9 Å². The van der Waals surface area contributed by atoms with E-state index in [1.807, 2.05) is 12.1 Å². The van der Waals surface area contributed by atoms with Crippen LogP contribution in [0.1, 0.15) is 79.0 Å². The van der Waals surface area contributed by atoms with Crippen molar-refractivity contribution >= 4 is 24.0 Å². The first-order valence-corrected chi connectivity index (χ1v) is 13.5. The molecule has 0 aliphatic carbocycles. The first-order chi connectivity index (χ1) is 18.4. The Labute approximate surface area is 229 Å². The minimum absolute atomic E-state index is 0.0539. The maximum atomic E-state index is 12.5. The van der Waals surface area contributed by atoms with Gasteiger partial charge in [0, 0.05) is 37.9 Å². The molecule has 2 aromatic rings. The quantitative estimate of drug-likeness (QED) is 0.429. The van der Waals surface area contributed by atoms with Crippen LogP contribution in [0.25, 0.3) is 11.4 Å². The topological polar surface area (TPSA) is 135 Å². The number of guanidine groups is 1. The molecule has 12 nitrogen and oxygen atoms in total. The predicted molar refractivity (Wildman–Crippen MR) is 146 cm³/mol. The van der Waals surface area contributed by atoms with Crippen LogP contribution in [0.15, 0.2) is 27.8 Å². The SMILES string of the molecule is CC(C)(C)OC(=O)N=C(NC(=O)OC(C)(C)C)N1CC[C@@H](c2nc(-c3ccc(N4CCCCC4)nc3)no2)C1. The van der Waals surface area contributed by atoms with Gasteiger partial charge in [-0.15, -0.1) is 4.99 Å². The van der Waals surface area contributed by atoms with Crippen LogP contribution in [0, 0.1) is 0 Å². The van der Waals surface area contributed by atoms with Crippen molar-refractivity contribution < 1.29 is 23.6 Å². The van der Waals surface area contributed by atoms with Crippen LogP contribution in [0.2, 0.25) is 0 Å². The maximum Gasteiger partial charge on any atom is 0.437 e. The molecular formula is C27H39N7O5. The molecule has 12 heteroatoms. The van der Waals surface area contributed by atoms with Gasteiger partial charge < -0.3 is 23.8 Å². The van der Waals surface area contributed by atoms with Gasteiger partial charge in [-0.2, -0.15) is 4.98 Å². The molecule has 2 saturated heterocycles. The molecule has 2 fully saturated rings. The third-order valence-electron chi connectivity index (χ3n) is 6.17. The van der Waals surface area contributed by atoms with Crippen LogP contribution < -0.4 is 10.2 Å². The number of hydrogen-bond acceptors (Lipinski definition) is 9. The van der Waals surface area contributed by atoms with E-state index in [1.54, 1.807) is 52.6 Å². The van der Waals surface area contributed by atoms with E-state index in [1.165, 1.54) is 19.3 Å². The number of carbonyl (C=O) groups is 2. The van der Waals surface area contributed by atoms with Gasteiger partial charge in [-0.05, 0) is 79.4 Å². The van der Waals surface area contributed by atoms with Crippen molar-refractivity contribution in [2.75, 3.05) is 31.1 Å². The minimum atomic E-state index is -0.808. The highest BCUT2D eigenvalue weighted by Crippen LogP contribution is 2.28. The van der Waals surface area contributed by atoms with Gasteiger partial charge in [0.15, 0.2) is 0 Å². The molecule has 212 valence electrons. The molecule has 4 heterocycles.